The van der Waals surface area contributed by atoms with Gasteiger partial charge in [0.25, 0.3) is 0 Å². The van der Waals surface area contributed by atoms with Gasteiger partial charge in [-0.2, -0.15) is 0 Å². The Morgan fingerprint density at radius 3 is 2.60 bits per heavy atom. The average molecular weight is 138 g/mol. The number of nitrogens with two attached hydrogens (primary N) is 1. The van der Waals surface area contributed by atoms with Crippen LogP contribution in [0.2, 0.25) is 0 Å². The van der Waals surface area contributed by atoms with Crippen LogP contribution in [-0.4, -0.2) is 4.98 Å². The maximum Gasteiger partial charge on any atom is 0.0471 e. The zero-order valence-electron chi connectivity index (χ0n) is 6.46. The normalized spacial score (nSPS) is 14.0. The molecule has 1 rings (SSSR count). The summed E-state index contributed by atoms with van der Waals surface area (Å²) in [6.07, 6.45) is 1.90. The van der Waals surface area contributed by atoms with Crippen molar-refractivity contribution < 1.29 is 0 Å². The first-order chi connectivity index (χ1) is 4.72. The Balaban J connectivity index is 2.68. The summed E-state index contributed by atoms with van der Waals surface area (Å²) in [6.45, 7) is 4.23. The molecule has 1 aromatic rings. The molecule has 1 atom stereocenters. The van der Waals surface area contributed by atoms with Gasteiger partial charge in [-0.1, -0.05) is 13.8 Å². The number of hydrogen-bond acceptors (Lipinski definition) is 1. The molecule has 0 fully saturated rings. The van der Waals surface area contributed by atoms with Crippen LogP contribution in [0, 0.1) is 5.92 Å². The number of aromatic nitrogens is 1. The number of H-pyrrole nitrogens is 1. The predicted octanol–water partition coefficient (Wildman–Crippen LogP) is 1.67. The summed E-state index contributed by atoms with van der Waals surface area (Å²) in [6, 6.07) is 4.14. The van der Waals surface area contributed by atoms with Crippen LogP contribution in [0.5, 0.6) is 0 Å². The largest absolute Gasteiger partial charge is 0.364 e. The third-order valence-corrected chi connectivity index (χ3v) is 1.70. The molecule has 1 aromatic heterocycles. The van der Waals surface area contributed by atoms with Gasteiger partial charge in [-0.15, -0.1) is 0 Å². The van der Waals surface area contributed by atoms with E-state index in [9.17, 15) is 0 Å². The lowest BCUT2D eigenvalue weighted by Gasteiger charge is -2.12. The molecular formula is C8H14N2. The van der Waals surface area contributed by atoms with E-state index in [0.717, 1.165) is 5.69 Å². The smallest absolute Gasteiger partial charge is 0.0471 e. The second-order valence-corrected chi connectivity index (χ2v) is 2.90. The number of aromatic amines is 1. The van der Waals surface area contributed by atoms with Crippen molar-refractivity contribution in [2.45, 2.75) is 19.9 Å². The van der Waals surface area contributed by atoms with Crippen molar-refractivity contribution >= 4 is 0 Å². The van der Waals surface area contributed by atoms with Crippen molar-refractivity contribution in [3.63, 3.8) is 0 Å². The Morgan fingerprint density at radius 2 is 2.20 bits per heavy atom. The summed E-state index contributed by atoms with van der Waals surface area (Å²) in [5.74, 6) is 0.499. The van der Waals surface area contributed by atoms with Crippen molar-refractivity contribution in [1.29, 1.82) is 0 Å². The summed E-state index contributed by atoms with van der Waals surface area (Å²) in [5.41, 5.74) is 6.97. The molecule has 0 saturated heterocycles. The molecule has 3 N–H and O–H groups in total. The summed E-state index contributed by atoms with van der Waals surface area (Å²) in [7, 11) is 0. The molecule has 1 heterocycles. The van der Waals surface area contributed by atoms with Crippen molar-refractivity contribution in [2.75, 3.05) is 0 Å². The van der Waals surface area contributed by atoms with Gasteiger partial charge in [0, 0.05) is 17.9 Å². The van der Waals surface area contributed by atoms with Gasteiger partial charge in [-0.05, 0) is 18.1 Å². The first kappa shape index (κ1) is 7.35. The minimum atomic E-state index is 0.148. The van der Waals surface area contributed by atoms with E-state index in [-0.39, 0.29) is 6.04 Å². The molecular weight excluding hydrogens is 124 g/mol. The van der Waals surface area contributed by atoms with Crippen LogP contribution in [0.1, 0.15) is 25.6 Å². The van der Waals surface area contributed by atoms with Gasteiger partial charge in [-0.25, -0.2) is 0 Å². The highest BCUT2D eigenvalue weighted by Gasteiger charge is 2.09. The summed E-state index contributed by atoms with van der Waals surface area (Å²) in [5, 5.41) is 0. The fourth-order valence-corrected chi connectivity index (χ4v) is 0.911. The topological polar surface area (TPSA) is 41.8 Å². The monoisotopic (exact) mass is 138 g/mol. The molecule has 0 amide bonds. The van der Waals surface area contributed by atoms with Crippen LogP contribution < -0.4 is 5.73 Å². The van der Waals surface area contributed by atoms with Crippen LogP contribution in [-0.2, 0) is 0 Å². The Morgan fingerprint density at radius 1 is 1.50 bits per heavy atom. The third-order valence-electron chi connectivity index (χ3n) is 1.70. The fraction of sp³-hybridized carbons (Fsp3) is 0.500. The van der Waals surface area contributed by atoms with Crippen molar-refractivity contribution in [2.24, 2.45) is 11.7 Å². The summed E-state index contributed by atoms with van der Waals surface area (Å²) >= 11 is 0. The quantitative estimate of drug-likeness (QED) is 0.641. The van der Waals surface area contributed by atoms with Gasteiger partial charge in [0.15, 0.2) is 0 Å². The molecule has 0 bridgehead atoms. The molecule has 0 radical (unpaired) electrons. The van der Waals surface area contributed by atoms with Gasteiger partial charge >= 0.3 is 0 Å². The van der Waals surface area contributed by atoms with Crippen LogP contribution >= 0.6 is 0 Å². The highest BCUT2D eigenvalue weighted by Crippen LogP contribution is 2.15. The summed E-state index contributed by atoms with van der Waals surface area (Å²) in [4.78, 5) is 3.09. The zero-order valence-corrected chi connectivity index (χ0v) is 6.46. The van der Waals surface area contributed by atoms with Gasteiger partial charge < -0.3 is 10.7 Å². The van der Waals surface area contributed by atoms with Crippen molar-refractivity contribution in [1.82, 2.24) is 4.98 Å². The van der Waals surface area contributed by atoms with E-state index < -0.39 is 0 Å². The van der Waals surface area contributed by atoms with Crippen LogP contribution in [0.3, 0.4) is 0 Å². The van der Waals surface area contributed by atoms with Crippen molar-refractivity contribution in [3.8, 4) is 0 Å². The van der Waals surface area contributed by atoms with Crippen LogP contribution in [0.15, 0.2) is 18.3 Å². The molecule has 2 heteroatoms. The molecule has 0 aliphatic heterocycles. The van der Waals surface area contributed by atoms with E-state index >= 15 is 0 Å². The molecule has 1 unspecified atom stereocenters. The van der Waals surface area contributed by atoms with E-state index in [1.807, 2.05) is 18.3 Å². The van der Waals surface area contributed by atoms with E-state index in [4.69, 9.17) is 5.73 Å². The molecule has 0 saturated carbocycles. The van der Waals surface area contributed by atoms with E-state index in [0.29, 0.717) is 5.92 Å². The third kappa shape index (κ3) is 1.39. The predicted molar refractivity (Wildman–Crippen MR) is 42.6 cm³/mol. The lowest BCUT2D eigenvalue weighted by Crippen LogP contribution is -2.16. The van der Waals surface area contributed by atoms with Crippen molar-refractivity contribution in [3.05, 3.63) is 24.0 Å². The fourth-order valence-electron chi connectivity index (χ4n) is 0.911. The molecule has 0 aliphatic carbocycles. The Hall–Kier alpha value is -0.760. The van der Waals surface area contributed by atoms with Crippen LogP contribution in [0.4, 0.5) is 0 Å². The van der Waals surface area contributed by atoms with Gasteiger partial charge in [0.05, 0.1) is 0 Å². The average Bonchev–Trinajstić information content (AvgIpc) is 2.36. The van der Waals surface area contributed by atoms with E-state index in [2.05, 4.69) is 18.8 Å². The Bertz CT molecular complexity index is 177. The molecule has 2 nitrogen and oxygen atoms in total. The van der Waals surface area contributed by atoms with Crippen LogP contribution in [0.25, 0.3) is 0 Å². The highest BCUT2D eigenvalue weighted by molar-refractivity contribution is 5.08. The lowest BCUT2D eigenvalue weighted by atomic mass is 10.0. The second kappa shape index (κ2) is 2.88. The number of nitrogens with one attached hydrogen (secondary N) is 1. The number of rotatable bonds is 2. The maximum absolute atomic E-state index is 5.85. The Kier molecular flexibility index (Phi) is 2.12. The minimum Gasteiger partial charge on any atom is -0.364 e. The standard InChI is InChI=1S/C8H14N2/c1-6(2)8(9)7-4-3-5-10-7/h3-6,8,10H,9H2,1-2H3. The zero-order chi connectivity index (χ0) is 7.56. The maximum atomic E-state index is 5.85. The first-order valence-corrected chi connectivity index (χ1v) is 3.60. The van der Waals surface area contributed by atoms with E-state index in [1.54, 1.807) is 0 Å². The molecule has 0 spiro atoms. The van der Waals surface area contributed by atoms with E-state index in [1.165, 1.54) is 0 Å². The summed E-state index contributed by atoms with van der Waals surface area (Å²) < 4.78 is 0. The highest BCUT2D eigenvalue weighted by atomic mass is 14.8. The van der Waals surface area contributed by atoms with Gasteiger partial charge in [0.2, 0.25) is 0 Å². The molecule has 0 aliphatic rings. The lowest BCUT2D eigenvalue weighted by molar-refractivity contribution is 0.505. The minimum absolute atomic E-state index is 0.148. The molecule has 10 heavy (non-hydrogen) atoms. The number of hydrogen-bond donors (Lipinski definition) is 2. The molecule has 0 aromatic carbocycles. The molecule has 56 valence electrons. The second-order valence-electron chi connectivity index (χ2n) is 2.90. The van der Waals surface area contributed by atoms with Gasteiger partial charge in [-0.3, -0.25) is 0 Å². The Labute approximate surface area is 61.4 Å². The SMILES string of the molecule is CC(C)C(N)c1ccc[nH]1. The first-order valence-electron chi connectivity index (χ1n) is 3.60. The van der Waals surface area contributed by atoms with Gasteiger partial charge in [0.1, 0.15) is 0 Å².